The highest BCUT2D eigenvalue weighted by atomic mass is 19.1. The van der Waals surface area contributed by atoms with E-state index >= 15 is 0 Å². The minimum absolute atomic E-state index is 0.127. The molecule has 0 fully saturated rings. The summed E-state index contributed by atoms with van der Waals surface area (Å²) in [7, 11) is 0. The lowest BCUT2D eigenvalue weighted by molar-refractivity contribution is -0.120. The molecule has 0 saturated carbocycles. The maximum absolute atomic E-state index is 13.4. The molecule has 0 aliphatic heterocycles. The van der Waals surface area contributed by atoms with Gasteiger partial charge in [0.25, 0.3) is 0 Å². The fourth-order valence-electron chi connectivity index (χ4n) is 1.79. The second-order valence-corrected chi connectivity index (χ2v) is 3.71. The van der Waals surface area contributed by atoms with E-state index in [9.17, 15) is 9.18 Å². The molecule has 0 heterocycles. The van der Waals surface area contributed by atoms with E-state index in [1.807, 2.05) is 6.07 Å². The Hall–Kier alpha value is -1.71. The normalized spacial score (nSPS) is 16.2. The van der Waals surface area contributed by atoms with Gasteiger partial charge in [-0.15, -0.1) is 0 Å². The van der Waals surface area contributed by atoms with Crippen molar-refractivity contribution >= 4 is 11.6 Å². The number of hydrogen-bond donors (Lipinski definition) is 1. The van der Waals surface area contributed by atoms with Crippen molar-refractivity contribution in [2.75, 3.05) is 0 Å². The predicted octanol–water partition coefficient (Wildman–Crippen LogP) is 2.00. The second-order valence-electron chi connectivity index (χ2n) is 3.71. The fraction of sp³-hybridized carbons (Fsp3) is 0.333. The van der Waals surface area contributed by atoms with Gasteiger partial charge in [0.05, 0.1) is 5.71 Å². The van der Waals surface area contributed by atoms with E-state index in [4.69, 9.17) is 0 Å². The molecule has 0 spiro atoms. The first-order valence-electron chi connectivity index (χ1n) is 5.35. The zero-order valence-corrected chi connectivity index (χ0v) is 9.09. The van der Waals surface area contributed by atoms with Crippen LogP contribution >= 0.6 is 0 Å². The van der Waals surface area contributed by atoms with Crippen LogP contribution in [-0.4, -0.2) is 11.6 Å². The van der Waals surface area contributed by atoms with Gasteiger partial charge in [-0.2, -0.15) is 5.10 Å². The first-order chi connectivity index (χ1) is 7.72. The smallest absolute Gasteiger partial charge is 0.239 e. The third-order valence-electron chi connectivity index (χ3n) is 2.68. The molecule has 0 bridgehead atoms. The van der Waals surface area contributed by atoms with Crippen LogP contribution in [0.15, 0.2) is 23.3 Å². The highest BCUT2D eigenvalue weighted by Gasteiger charge is 2.20. The van der Waals surface area contributed by atoms with Gasteiger partial charge in [0.2, 0.25) is 5.91 Å². The van der Waals surface area contributed by atoms with Crippen LogP contribution in [0.1, 0.15) is 30.9 Å². The van der Waals surface area contributed by atoms with Gasteiger partial charge in [-0.25, -0.2) is 9.82 Å². The topological polar surface area (TPSA) is 41.5 Å². The van der Waals surface area contributed by atoms with E-state index in [2.05, 4.69) is 10.5 Å². The number of carbonyl (C=O) groups is 1. The number of rotatable bonds is 2. The summed E-state index contributed by atoms with van der Waals surface area (Å²) in [6, 6.07) is 4.95. The quantitative estimate of drug-likeness (QED) is 0.761. The molecule has 1 N–H and O–H groups in total. The van der Waals surface area contributed by atoms with E-state index in [-0.39, 0.29) is 11.7 Å². The Morgan fingerprint density at radius 3 is 3.06 bits per heavy atom. The van der Waals surface area contributed by atoms with Crippen LogP contribution in [-0.2, 0) is 11.2 Å². The average molecular weight is 220 g/mol. The summed E-state index contributed by atoms with van der Waals surface area (Å²) in [6.45, 7) is 1.76. The molecule has 1 aromatic rings. The number of halogens is 1. The first-order valence-corrected chi connectivity index (χ1v) is 5.35. The fourth-order valence-corrected chi connectivity index (χ4v) is 1.79. The van der Waals surface area contributed by atoms with Crippen molar-refractivity contribution in [1.82, 2.24) is 5.43 Å². The summed E-state index contributed by atoms with van der Waals surface area (Å²) in [5.74, 6) is -0.318. The van der Waals surface area contributed by atoms with Crippen LogP contribution in [0, 0.1) is 5.82 Å². The third kappa shape index (κ3) is 1.96. The van der Waals surface area contributed by atoms with Gasteiger partial charge in [0.1, 0.15) is 5.82 Å². The Morgan fingerprint density at radius 1 is 1.50 bits per heavy atom. The minimum atomic E-state index is -0.190. The molecule has 1 amide bonds. The van der Waals surface area contributed by atoms with E-state index in [1.54, 1.807) is 13.0 Å². The van der Waals surface area contributed by atoms with Crippen LogP contribution in [0.25, 0.3) is 0 Å². The number of hydrazone groups is 1. The van der Waals surface area contributed by atoms with Gasteiger partial charge in [0, 0.05) is 12.0 Å². The largest absolute Gasteiger partial charge is 0.273 e. The van der Waals surface area contributed by atoms with Gasteiger partial charge in [-0.3, -0.25) is 4.79 Å². The van der Waals surface area contributed by atoms with Gasteiger partial charge in [-0.05, 0) is 24.5 Å². The minimum Gasteiger partial charge on any atom is -0.273 e. The van der Waals surface area contributed by atoms with E-state index in [0.717, 1.165) is 11.3 Å². The van der Waals surface area contributed by atoms with Crippen LogP contribution < -0.4 is 5.43 Å². The van der Waals surface area contributed by atoms with Crippen molar-refractivity contribution in [3.63, 3.8) is 0 Å². The highest BCUT2D eigenvalue weighted by molar-refractivity contribution is 6.04. The Kier molecular flexibility index (Phi) is 2.99. The van der Waals surface area contributed by atoms with Crippen molar-refractivity contribution in [1.29, 1.82) is 0 Å². The number of carbonyl (C=O) groups excluding carboxylic acids is 1. The third-order valence-corrected chi connectivity index (χ3v) is 2.68. The summed E-state index contributed by atoms with van der Waals surface area (Å²) in [5, 5.41) is 4.03. The summed E-state index contributed by atoms with van der Waals surface area (Å²) in [6.07, 6.45) is 1.73. The molecule has 84 valence electrons. The lowest BCUT2D eigenvalue weighted by Crippen LogP contribution is -2.17. The van der Waals surface area contributed by atoms with E-state index in [0.29, 0.717) is 24.8 Å². The number of benzene rings is 1. The Balaban J connectivity index is 2.24. The first kappa shape index (κ1) is 10.8. The van der Waals surface area contributed by atoms with Crippen LogP contribution in [0.3, 0.4) is 0 Å². The summed E-state index contributed by atoms with van der Waals surface area (Å²) < 4.78 is 13.4. The van der Waals surface area contributed by atoms with Crippen molar-refractivity contribution in [2.24, 2.45) is 5.10 Å². The van der Waals surface area contributed by atoms with Crippen LogP contribution in [0.2, 0.25) is 0 Å². The molecular formula is C12H13FN2O. The van der Waals surface area contributed by atoms with E-state index in [1.165, 1.54) is 6.07 Å². The SMILES string of the molecule is CCC(=O)N/N=C1/CCc2c(F)cccc21. The number of fused-ring (bicyclic) bond motifs is 1. The van der Waals surface area contributed by atoms with Crippen molar-refractivity contribution in [2.45, 2.75) is 26.2 Å². The second kappa shape index (κ2) is 4.43. The lowest BCUT2D eigenvalue weighted by atomic mass is 10.1. The predicted molar refractivity (Wildman–Crippen MR) is 59.7 cm³/mol. The maximum atomic E-state index is 13.4. The van der Waals surface area contributed by atoms with Gasteiger partial charge in [-0.1, -0.05) is 19.1 Å². The highest BCUT2D eigenvalue weighted by Crippen LogP contribution is 2.24. The molecule has 1 aliphatic carbocycles. The van der Waals surface area contributed by atoms with Crippen molar-refractivity contribution in [3.05, 3.63) is 35.1 Å². The molecule has 16 heavy (non-hydrogen) atoms. The molecule has 2 rings (SSSR count). The molecule has 1 aliphatic rings. The lowest BCUT2D eigenvalue weighted by Gasteiger charge is -2.01. The average Bonchev–Trinajstić information content (AvgIpc) is 2.70. The molecule has 0 atom stereocenters. The monoisotopic (exact) mass is 220 g/mol. The Morgan fingerprint density at radius 2 is 2.31 bits per heavy atom. The van der Waals surface area contributed by atoms with Gasteiger partial charge < -0.3 is 0 Å². The molecule has 4 heteroatoms. The van der Waals surface area contributed by atoms with Gasteiger partial charge >= 0.3 is 0 Å². The molecule has 1 aromatic carbocycles. The standard InChI is InChI=1S/C12H13FN2O/c1-2-12(16)15-14-11-7-6-8-9(11)4-3-5-10(8)13/h3-5H,2,6-7H2,1H3,(H,15,16)/b14-11-. The number of nitrogens with zero attached hydrogens (tertiary/aromatic N) is 1. The molecular weight excluding hydrogens is 207 g/mol. The summed E-state index contributed by atoms with van der Waals surface area (Å²) in [5.41, 5.74) is 4.74. The summed E-state index contributed by atoms with van der Waals surface area (Å²) in [4.78, 5) is 11.1. The molecule has 0 aromatic heterocycles. The van der Waals surface area contributed by atoms with Crippen LogP contribution in [0.4, 0.5) is 4.39 Å². The molecule has 0 saturated heterocycles. The Labute approximate surface area is 93.4 Å². The zero-order chi connectivity index (χ0) is 11.5. The zero-order valence-electron chi connectivity index (χ0n) is 9.09. The van der Waals surface area contributed by atoms with Crippen molar-refractivity contribution in [3.8, 4) is 0 Å². The van der Waals surface area contributed by atoms with Gasteiger partial charge in [0.15, 0.2) is 0 Å². The molecule has 0 radical (unpaired) electrons. The van der Waals surface area contributed by atoms with Crippen LogP contribution in [0.5, 0.6) is 0 Å². The van der Waals surface area contributed by atoms with Crippen molar-refractivity contribution < 1.29 is 9.18 Å². The number of amides is 1. The number of hydrogen-bond acceptors (Lipinski definition) is 2. The molecule has 3 nitrogen and oxygen atoms in total. The maximum Gasteiger partial charge on any atom is 0.239 e. The number of nitrogens with one attached hydrogen (secondary N) is 1. The summed E-state index contributed by atoms with van der Waals surface area (Å²) >= 11 is 0. The van der Waals surface area contributed by atoms with E-state index < -0.39 is 0 Å². The molecule has 0 unspecified atom stereocenters. The Bertz CT molecular complexity index is 454.